The SMILES string of the molecule is CCC(=O)Oc1ccc(/C=C2\N=C(c3cc(I)ccc3Cl)OC2=O)cc1OC. The summed E-state index contributed by atoms with van der Waals surface area (Å²) in [6.45, 7) is 1.70. The number of carbonyl (C=O) groups excluding carboxylic acids is 2. The third-order valence-corrected chi connectivity index (χ3v) is 4.78. The van der Waals surface area contributed by atoms with Crippen LogP contribution in [0.3, 0.4) is 0 Å². The summed E-state index contributed by atoms with van der Waals surface area (Å²) in [5.74, 6) is -0.120. The maximum absolute atomic E-state index is 12.2. The Balaban J connectivity index is 1.92. The van der Waals surface area contributed by atoms with Crippen LogP contribution in [0.1, 0.15) is 24.5 Å². The highest BCUT2D eigenvalue weighted by Gasteiger charge is 2.26. The van der Waals surface area contributed by atoms with E-state index in [0.29, 0.717) is 27.6 Å². The van der Waals surface area contributed by atoms with Crippen molar-refractivity contribution in [2.75, 3.05) is 7.11 Å². The zero-order chi connectivity index (χ0) is 20.3. The highest BCUT2D eigenvalue weighted by Crippen LogP contribution is 2.30. The molecule has 0 saturated heterocycles. The van der Waals surface area contributed by atoms with Crippen LogP contribution in [0, 0.1) is 3.57 Å². The molecule has 0 spiro atoms. The summed E-state index contributed by atoms with van der Waals surface area (Å²) in [6, 6.07) is 10.3. The van der Waals surface area contributed by atoms with E-state index >= 15 is 0 Å². The number of hydrogen-bond donors (Lipinski definition) is 0. The van der Waals surface area contributed by atoms with Gasteiger partial charge in [-0.15, -0.1) is 0 Å². The van der Waals surface area contributed by atoms with E-state index in [9.17, 15) is 9.59 Å². The lowest BCUT2D eigenvalue weighted by Crippen LogP contribution is -2.07. The molecule has 0 atom stereocenters. The number of aliphatic imine (C=N–C) groups is 1. The summed E-state index contributed by atoms with van der Waals surface area (Å²) in [5, 5.41) is 0.442. The second-order valence-corrected chi connectivity index (χ2v) is 7.35. The average Bonchev–Trinajstić information content (AvgIpc) is 3.04. The van der Waals surface area contributed by atoms with Crippen molar-refractivity contribution in [3.63, 3.8) is 0 Å². The largest absolute Gasteiger partial charge is 0.493 e. The van der Waals surface area contributed by atoms with E-state index in [0.717, 1.165) is 3.57 Å². The highest BCUT2D eigenvalue weighted by atomic mass is 127. The van der Waals surface area contributed by atoms with Crippen molar-refractivity contribution < 1.29 is 23.8 Å². The number of benzene rings is 2. The van der Waals surface area contributed by atoms with Crippen LogP contribution in [0.25, 0.3) is 6.08 Å². The molecule has 0 aromatic heterocycles. The van der Waals surface area contributed by atoms with Crippen LogP contribution < -0.4 is 9.47 Å². The lowest BCUT2D eigenvalue weighted by molar-refractivity contribution is -0.134. The van der Waals surface area contributed by atoms with Gasteiger partial charge in [-0.1, -0.05) is 24.6 Å². The minimum Gasteiger partial charge on any atom is -0.493 e. The number of carbonyl (C=O) groups is 2. The first-order valence-electron chi connectivity index (χ1n) is 8.28. The molecule has 0 bridgehead atoms. The van der Waals surface area contributed by atoms with E-state index in [-0.39, 0.29) is 24.0 Å². The van der Waals surface area contributed by atoms with Gasteiger partial charge in [-0.25, -0.2) is 9.79 Å². The van der Waals surface area contributed by atoms with Crippen molar-refractivity contribution in [1.29, 1.82) is 0 Å². The number of ether oxygens (including phenoxy) is 3. The van der Waals surface area contributed by atoms with Gasteiger partial charge in [-0.05, 0) is 64.6 Å². The van der Waals surface area contributed by atoms with Crippen LogP contribution >= 0.6 is 34.2 Å². The summed E-state index contributed by atoms with van der Waals surface area (Å²) in [4.78, 5) is 28.0. The number of methoxy groups -OCH3 is 1. The van der Waals surface area contributed by atoms with Gasteiger partial charge in [-0.3, -0.25) is 4.79 Å². The lowest BCUT2D eigenvalue weighted by Gasteiger charge is -2.09. The zero-order valence-corrected chi connectivity index (χ0v) is 17.9. The van der Waals surface area contributed by atoms with Crippen molar-refractivity contribution in [3.8, 4) is 11.5 Å². The molecule has 0 saturated carbocycles. The van der Waals surface area contributed by atoms with Crippen molar-refractivity contribution in [1.82, 2.24) is 0 Å². The third-order valence-electron chi connectivity index (χ3n) is 3.78. The second kappa shape index (κ2) is 8.74. The highest BCUT2D eigenvalue weighted by molar-refractivity contribution is 14.1. The first kappa shape index (κ1) is 20.3. The summed E-state index contributed by atoms with van der Waals surface area (Å²) >= 11 is 8.33. The minimum absolute atomic E-state index is 0.130. The van der Waals surface area contributed by atoms with Crippen LogP contribution in [0.4, 0.5) is 0 Å². The van der Waals surface area contributed by atoms with Crippen LogP contribution in [0.2, 0.25) is 5.02 Å². The van der Waals surface area contributed by atoms with Crippen molar-refractivity contribution in [2.45, 2.75) is 13.3 Å². The van der Waals surface area contributed by atoms with Gasteiger partial charge in [0.15, 0.2) is 17.2 Å². The number of esters is 2. The maximum Gasteiger partial charge on any atom is 0.363 e. The molecule has 1 heterocycles. The Morgan fingerprint density at radius 3 is 2.75 bits per heavy atom. The van der Waals surface area contributed by atoms with Crippen LogP contribution in [-0.4, -0.2) is 24.9 Å². The molecule has 2 aromatic rings. The molecular formula is C20H15ClINO5. The molecule has 144 valence electrons. The zero-order valence-electron chi connectivity index (χ0n) is 15.0. The Morgan fingerprint density at radius 2 is 2.04 bits per heavy atom. The van der Waals surface area contributed by atoms with E-state index < -0.39 is 5.97 Å². The monoisotopic (exact) mass is 511 g/mol. The van der Waals surface area contributed by atoms with E-state index in [1.54, 1.807) is 43.3 Å². The minimum atomic E-state index is -0.578. The predicted octanol–water partition coefficient (Wildman–Crippen LogP) is 4.61. The van der Waals surface area contributed by atoms with E-state index in [1.165, 1.54) is 7.11 Å². The van der Waals surface area contributed by atoms with Gasteiger partial charge in [0.25, 0.3) is 0 Å². The molecule has 6 nitrogen and oxygen atoms in total. The molecule has 28 heavy (non-hydrogen) atoms. The number of halogens is 2. The summed E-state index contributed by atoms with van der Waals surface area (Å²) in [6.07, 6.45) is 1.81. The van der Waals surface area contributed by atoms with E-state index in [1.807, 2.05) is 6.07 Å². The molecule has 0 amide bonds. The van der Waals surface area contributed by atoms with Gasteiger partial charge < -0.3 is 14.2 Å². The van der Waals surface area contributed by atoms with Crippen LogP contribution in [-0.2, 0) is 14.3 Å². The molecule has 0 radical (unpaired) electrons. The predicted molar refractivity (Wildman–Crippen MR) is 114 cm³/mol. The smallest absolute Gasteiger partial charge is 0.363 e. The molecule has 0 fully saturated rings. The topological polar surface area (TPSA) is 74.2 Å². The van der Waals surface area contributed by atoms with Gasteiger partial charge in [0.1, 0.15) is 0 Å². The molecule has 0 unspecified atom stereocenters. The fraction of sp³-hybridized carbons (Fsp3) is 0.150. The lowest BCUT2D eigenvalue weighted by atomic mass is 10.1. The quantitative estimate of drug-likeness (QED) is 0.254. The first-order valence-corrected chi connectivity index (χ1v) is 9.73. The molecule has 0 N–H and O–H groups in total. The van der Waals surface area contributed by atoms with Gasteiger partial charge >= 0.3 is 11.9 Å². The number of cyclic esters (lactones) is 1. The van der Waals surface area contributed by atoms with Gasteiger partial charge in [-0.2, -0.15) is 0 Å². The Bertz CT molecular complexity index is 1020. The standard InChI is InChI=1S/C20H15ClINO5/c1-3-18(24)27-16-7-4-11(9-17(16)26-2)8-15-20(25)28-19(23-15)13-10-12(22)5-6-14(13)21/h4-10H,3H2,1-2H3/b15-8-. The van der Waals surface area contributed by atoms with Crippen molar-refractivity contribution in [2.24, 2.45) is 4.99 Å². The van der Waals surface area contributed by atoms with Crippen molar-refractivity contribution >= 4 is 58.1 Å². The van der Waals surface area contributed by atoms with E-state index in [4.69, 9.17) is 25.8 Å². The Kier molecular flexibility index (Phi) is 6.35. The second-order valence-electron chi connectivity index (χ2n) is 5.70. The fourth-order valence-corrected chi connectivity index (χ4v) is 3.09. The fourth-order valence-electron chi connectivity index (χ4n) is 2.40. The molecule has 1 aliphatic heterocycles. The molecule has 2 aromatic carbocycles. The van der Waals surface area contributed by atoms with Crippen LogP contribution in [0.15, 0.2) is 47.1 Å². The molecule has 1 aliphatic rings. The van der Waals surface area contributed by atoms with Gasteiger partial charge in [0.05, 0.1) is 17.7 Å². The van der Waals surface area contributed by atoms with Gasteiger partial charge in [0.2, 0.25) is 5.90 Å². The Morgan fingerprint density at radius 1 is 1.25 bits per heavy atom. The number of hydrogen-bond acceptors (Lipinski definition) is 6. The normalized spacial score (nSPS) is 14.6. The Labute approximate surface area is 180 Å². The van der Waals surface area contributed by atoms with Gasteiger partial charge in [0, 0.05) is 9.99 Å². The summed E-state index contributed by atoms with van der Waals surface area (Å²) in [5.41, 5.74) is 1.31. The molecule has 0 aliphatic carbocycles. The van der Waals surface area contributed by atoms with E-state index in [2.05, 4.69) is 27.6 Å². The van der Waals surface area contributed by atoms with Crippen molar-refractivity contribution in [3.05, 3.63) is 61.8 Å². The number of rotatable bonds is 5. The molecule has 8 heteroatoms. The van der Waals surface area contributed by atoms with Crippen LogP contribution in [0.5, 0.6) is 11.5 Å². The molecule has 3 rings (SSSR count). The molecular weight excluding hydrogens is 497 g/mol. The first-order chi connectivity index (χ1) is 13.4. The average molecular weight is 512 g/mol. The summed E-state index contributed by atoms with van der Waals surface area (Å²) in [7, 11) is 1.47. The Hall–Kier alpha value is -2.39. The third kappa shape index (κ3) is 4.53. The summed E-state index contributed by atoms with van der Waals surface area (Å²) < 4.78 is 16.7. The number of nitrogens with zero attached hydrogens (tertiary/aromatic N) is 1. The maximum atomic E-state index is 12.2.